The summed E-state index contributed by atoms with van der Waals surface area (Å²) in [6, 6.07) is 6.58. The van der Waals surface area contributed by atoms with Gasteiger partial charge in [-0.05, 0) is 71.0 Å². The fourth-order valence-corrected chi connectivity index (χ4v) is 5.25. The molecule has 0 radical (unpaired) electrons. The van der Waals surface area contributed by atoms with Crippen molar-refractivity contribution in [1.29, 1.82) is 0 Å². The van der Waals surface area contributed by atoms with Crippen molar-refractivity contribution < 1.29 is 68.0 Å². The van der Waals surface area contributed by atoms with Crippen LogP contribution in [0.3, 0.4) is 0 Å². The highest BCUT2D eigenvalue weighted by Crippen LogP contribution is 2.40. The number of ether oxygens (including phenoxy) is 3. The van der Waals surface area contributed by atoms with E-state index in [-0.39, 0.29) is 71.1 Å². The predicted octanol–water partition coefficient (Wildman–Crippen LogP) is 9.80. The van der Waals surface area contributed by atoms with Crippen molar-refractivity contribution in [2.24, 2.45) is 0 Å². The van der Waals surface area contributed by atoms with Crippen LogP contribution in [0.2, 0.25) is 0 Å². The maximum Gasteiger partial charge on any atom is 0.573 e. The van der Waals surface area contributed by atoms with Gasteiger partial charge in [-0.25, -0.2) is 14.4 Å². The van der Waals surface area contributed by atoms with Crippen molar-refractivity contribution in [1.82, 2.24) is 9.97 Å². The van der Waals surface area contributed by atoms with E-state index in [1.54, 1.807) is 13.8 Å². The Morgan fingerprint density at radius 1 is 0.830 bits per heavy atom. The number of anilines is 1. The first-order valence-electron chi connectivity index (χ1n) is 15.6. The molecule has 0 aliphatic carbocycles. The minimum atomic E-state index is -5.18. The smallest absolute Gasteiger partial charge is 0.496 e. The number of benzene rings is 3. The lowest BCUT2D eigenvalue weighted by molar-refractivity contribution is -0.274. The molecule has 0 aliphatic rings. The molecule has 4 aromatic rings. The lowest BCUT2D eigenvalue weighted by Gasteiger charge is -2.26. The number of methoxy groups -OCH3 is 1. The van der Waals surface area contributed by atoms with Gasteiger partial charge in [-0.15, -0.1) is 13.2 Å². The number of carbonyl (C=O) groups is 1. The van der Waals surface area contributed by atoms with Gasteiger partial charge in [0, 0.05) is 31.1 Å². The Hall–Kier alpha value is -5.29. The first kappa shape index (κ1) is 40.5. The van der Waals surface area contributed by atoms with Crippen LogP contribution in [0, 0.1) is 5.82 Å². The van der Waals surface area contributed by atoms with Gasteiger partial charge >= 0.3 is 24.7 Å². The molecule has 8 nitrogen and oxygen atoms in total. The van der Waals surface area contributed by atoms with Gasteiger partial charge in [0.15, 0.2) is 5.75 Å². The minimum absolute atomic E-state index is 0.0213. The van der Waals surface area contributed by atoms with Gasteiger partial charge in [0.1, 0.15) is 17.3 Å². The van der Waals surface area contributed by atoms with Crippen LogP contribution in [0.5, 0.6) is 17.2 Å². The molecule has 1 aromatic heterocycles. The molecule has 1 heterocycles. The second-order valence-electron chi connectivity index (χ2n) is 11.9. The molecule has 0 spiro atoms. The van der Waals surface area contributed by atoms with Gasteiger partial charge in [0.2, 0.25) is 5.95 Å². The van der Waals surface area contributed by atoms with Crippen LogP contribution in [0.25, 0.3) is 11.1 Å². The van der Waals surface area contributed by atoms with Crippen LogP contribution >= 0.6 is 0 Å². The van der Waals surface area contributed by atoms with Crippen LogP contribution in [0.15, 0.2) is 60.9 Å². The van der Waals surface area contributed by atoms with Crippen LogP contribution in [-0.2, 0) is 30.2 Å². The molecule has 0 unspecified atom stereocenters. The number of aromatic nitrogens is 2. The SMILES string of the molecule is COc1cc(F)c(C(C)C)cc1-c1ccc(OC(F)(F)F)cc1CN(Cc1cc(C(F)(F)F)cc(C(F)(F)F)c1)c1ncc(OCCCC(=O)O)cn1. The quantitative estimate of drug-likeness (QED) is 0.100. The molecular weight excluding hydrogens is 732 g/mol. The largest absolute Gasteiger partial charge is 0.573 e. The first-order valence-corrected chi connectivity index (χ1v) is 15.6. The van der Waals surface area contributed by atoms with E-state index >= 15 is 0 Å². The van der Waals surface area contributed by atoms with Crippen LogP contribution in [-0.4, -0.2) is 41.1 Å². The van der Waals surface area contributed by atoms with Gasteiger partial charge in [-0.3, -0.25) is 4.79 Å². The summed E-state index contributed by atoms with van der Waals surface area (Å²) >= 11 is 0. The molecule has 0 fully saturated rings. The summed E-state index contributed by atoms with van der Waals surface area (Å²) in [5.41, 5.74) is -3.16. The molecule has 4 rings (SSSR count). The molecule has 0 aliphatic heterocycles. The second kappa shape index (κ2) is 16.2. The zero-order valence-electron chi connectivity index (χ0n) is 28.1. The average molecular weight is 764 g/mol. The van der Waals surface area contributed by atoms with Crippen LogP contribution in [0.4, 0.5) is 49.9 Å². The van der Waals surface area contributed by atoms with E-state index < -0.39 is 66.0 Å². The molecule has 0 saturated heterocycles. The number of rotatable bonds is 14. The number of alkyl halides is 9. The van der Waals surface area contributed by atoms with Crippen LogP contribution < -0.4 is 19.1 Å². The summed E-state index contributed by atoms with van der Waals surface area (Å²) < 4.78 is 153. The number of hydrogen-bond acceptors (Lipinski definition) is 7. The van der Waals surface area contributed by atoms with Crippen molar-refractivity contribution in [3.63, 3.8) is 0 Å². The first-order chi connectivity index (χ1) is 24.6. The Balaban J connectivity index is 1.89. The summed E-state index contributed by atoms with van der Waals surface area (Å²) in [4.78, 5) is 20.2. The Labute approximate surface area is 295 Å². The van der Waals surface area contributed by atoms with Gasteiger partial charge in [0.25, 0.3) is 0 Å². The summed E-state index contributed by atoms with van der Waals surface area (Å²) in [6.45, 7) is 2.06. The Morgan fingerprint density at radius 3 is 1.98 bits per heavy atom. The van der Waals surface area contributed by atoms with Crippen molar-refractivity contribution in [3.8, 4) is 28.4 Å². The maximum atomic E-state index is 15.0. The predicted molar refractivity (Wildman–Crippen MR) is 170 cm³/mol. The zero-order chi connectivity index (χ0) is 39.3. The van der Waals surface area contributed by atoms with Crippen molar-refractivity contribution >= 4 is 11.9 Å². The lowest BCUT2D eigenvalue weighted by Crippen LogP contribution is -2.25. The zero-order valence-corrected chi connectivity index (χ0v) is 28.1. The van der Waals surface area contributed by atoms with E-state index in [1.807, 2.05) is 0 Å². The van der Waals surface area contributed by atoms with Gasteiger partial charge in [-0.2, -0.15) is 26.3 Å². The average Bonchev–Trinajstić information content (AvgIpc) is 3.05. The molecule has 0 bridgehead atoms. The van der Waals surface area contributed by atoms with E-state index in [9.17, 15) is 48.7 Å². The number of carboxylic acid groups (broad SMARTS) is 1. The standard InChI is InChI=1S/C35H31F10N3O5/c1-19(2)27-13-28(30(51-3)14-29(27)36)26-7-6-24(53-35(43,44)45)11-21(26)18-48(32-46-15-25(16-47-32)52-8-4-5-31(49)50)17-20-9-22(33(37,38)39)12-23(10-20)34(40,41)42/h6-7,9-16,19H,4-5,8,17-18H2,1-3H3,(H,49,50). The minimum Gasteiger partial charge on any atom is -0.496 e. The topological polar surface area (TPSA) is 94.0 Å². The molecule has 53 heavy (non-hydrogen) atoms. The number of carboxylic acids is 1. The van der Waals surface area contributed by atoms with E-state index in [0.29, 0.717) is 12.1 Å². The highest BCUT2D eigenvalue weighted by Gasteiger charge is 2.37. The Bertz CT molecular complexity index is 1860. The van der Waals surface area contributed by atoms with E-state index in [4.69, 9.17) is 14.6 Å². The summed E-state index contributed by atoms with van der Waals surface area (Å²) in [6.07, 6.45) is -13.4. The highest BCUT2D eigenvalue weighted by atomic mass is 19.4. The third-order valence-corrected chi connectivity index (χ3v) is 7.62. The summed E-state index contributed by atoms with van der Waals surface area (Å²) in [7, 11) is 1.23. The number of halogens is 10. The lowest BCUT2D eigenvalue weighted by atomic mass is 9.93. The number of hydrogen-bond donors (Lipinski definition) is 1. The van der Waals surface area contributed by atoms with Crippen LogP contribution in [0.1, 0.15) is 60.4 Å². The van der Waals surface area contributed by atoms with Crippen molar-refractivity contribution in [3.05, 3.63) is 94.6 Å². The Kier molecular flexibility index (Phi) is 12.3. The number of nitrogens with zero attached hydrogens (tertiary/aromatic N) is 3. The van der Waals surface area contributed by atoms with Gasteiger partial charge in [-0.1, -0.05) is 19.9 Å². The number of aliphatic carboxylic acids is 1. The van der Waals surface area contributed by atoms with E-state index in [2.05, 4.69) is 14.7 Å². The molecule has 0 atom stereocenters. The summed E-state index contributed by atoms with van der Waals surface area (Å²) in [5.74, 6) is -3.07. The Morgan fingerprint density at radius 2 is 1.45 bits per heavy atom. The fourth-order valence-electron chi connectivity index (χ4n) is 5.25. The highest BCUT2D eigenvalue weighted by molar-refractivity contribution is 5.75. The molecule has 1 N–H and O–H groups in total. The van der Waals surface area contributed by atoms with E-state index in [0.717, 1.165) is 35.5 Å². The third-order valence-electron chi connectivity index (χ3n) is 7.62. The molecule has 0 amide bonds. The molecule has 3 aromatic carbocycles. The molecule has 286 valence electrons. The third kappa shape index (κ3) is 11.1. The van der Waals surface area contributed by atoms with Gasteiger partial charge < -0.3 is 24.2 Å². The summed E-state index contributed by atoms with van der Waals surface area (Å²) in [5, 5.41) is 8.82. The normalized spacial score (nSPS) is 12.2. The van der Waals surface area contributed by atoms with Gasteiger partial charge in [0.05, 0.1) is 37.2 Å². The van der Waals surface area contributed by atoms with Crippen molar-refractivity contribution in [2.45, 2.75) is 64.4 Å². The monoisotopic (exact) mass is 763 g/mol. The maximum absolute atomic E-state index is 15.0. The van der Waals surface area contributed by atoms with Crippen molar-refractivity contribution in [2.75, 3.05) is 18.6 Å². The molecule has 0 saturated carbocycles. The molecule has 18 heteroatoms. The fraction of sp³-hybridized carbons (Fsp3) is 0.343. The van der Waals surface area contributed by atoms with E-state index in [1.165, 1.54) is 19.2 Å². The second-order valence-corrected chi connectivity index (χ2v) is 11.9. The molecular formula is C35H31F10N3O5.